The molecule has 1 saturated heterocycles. The summed E-state index contributed by atoms with van der Waals surface area (Å²) in [7, 11) is 0. The average molecular weight is 303 g/mol. The molecule has 1 atom stereocenters. The molecule has 20 heavy (non-hydrogen) atoms. The van der Waals surface area contributed by atoms with Gasteiger partial charge in [-0.3, -0.25) is 4.90 Å². The second kappa shape index (κ2) is 8.36. The molecule has 0 radical (unpaired) electrons. The Morgan fingerprint density at radius 1 is 1.25 bits per heavy atom. The van der Waals surface area contributed by atoms with Gasteiger partial charge in [-0.15, -0.1) is 0 Å². The predicted molar refractivity (Wildman–Crippen MR) is 81.2 cm³/mol. The van der Waals surface area contributed by atoms with Gasteiger partial charge in [0.15, 0.2) is 0 Å². The molecule has 1 aliphatic heterocycles. The number of aliphatic carboxylic acids is 1. The van der Waals surface area contributed by atoms with E-state index in [4.69, 9.17) is 5.11 Å². The van der Waals surface area contributed by atoms with E-state index in [0.29, 0.717) is 25.6 Å². The van der Waals surface area contributed by atoms with Crippen LogP contribution in [0.25, 0.3) is 0 Å². The zero-order valence-corrected chi connectivity index (χ0v) is 13.3. The summed E-state index contributed by atoms with van der Waals surface area (Å²) >= 11 is 1.58. The Kier molecular flexibility index (Phi) is 7.15. The quantitative estimate of drug-likeness (QED) is 0.763. The van der Waals surface area contributed by atoms with Crippen molar-refractivity contribution in [3.63, 3.8) is 0 Å². The van der Waals surface area contributed by atoms with Crippen molar-refractivity contribution in [2.75, 3.05) is 38.2 Å². The first-order valence-electron chi connectivity index (χ1n) is 6.97. The fourth-order valence-electron chi connectivity index (χ4n) is 2.17. The molecule has 1 aliphatic rings. The molecule has 1 rings (SSSR count). The topological polar surface area (TPSA) is 72.9 Å². The van der Waals surface area contributed by atoms with E-state index in [9.17, 15) is 9.59 Å². The van der Waals surface area contributed by atoms with Crippen molar-refractivity contribution < 1.29 is 14.7 Å². The number of carbonyl (C=O) groups is 2. The largest absolute Gasteiger partial charge is 0.480 e. The van der Waals surface area contributed by atoms with Crippen LogP contribution in [0.4, 0.5) is 4.79 Å². The summed E-state index contributed by atoms with van der Waals surface area (Å²) in [5, 5.41) is 11.7. The molecule has 0 aliphatic carbocycles. The summed E-state index contributed by atoms with van der Waals surface area (Å²) < 4.78 is 0. The third-order valence-corrected chi connectivity index (χ3v) is 4.18. The lowest BCUT2D eigenvalue weighted by molar-refractivity contribution is -0.139. The number of thioether (sulfide) groups is 1. The summed E-state index contributed by atoms with van der Waals surface area (Å²) in [6, 6.07) is -0.575. The van der Waals surface area contributed by atoms with Gasteiger partial charge in [-0.1, -0.05) is 0 Å². The van der Waals surface area contributed by atoms with Gasteiger partial charge in [0, 0.05) is 32.2 Å². The van der Waals surface area contributed by atoms with Gasteiger partial charge in [-0.25, -0.2) is 9.59 Å². The third kappa shape index (κ3) is 5.20. The van der Waals surface area contributed by atoms with E-state index in [-0.39, 0.29) is 6.03 Å². The van der Waals surface area contributed by atoms with Gasteiger partial charge in [0.1, 0.15) is 6.04 Å². The number of piperazine rings is 1. The van der Waals surface area contributed by atoms with E-state index in [1.54, 1.807) is 16.7 Å². The van der Waals surface area contributed by atoms with Gasteiger partial charge in [-0.2, -0.15) is 11.8 Å². The molecule has 0 aromatic carbocycles. The molecule has 6 nitrogen and oxygen atoms in total. The van der Waals surface area contributed by atoms with Crippen molar-refractivity contribution >= 4 is 23.8 Å². The second-order valence-corrected chi connectivity index (χ2v) is 6.22. The summed E-state index contributed by atoms with van der Waals surface area (Å²) in [5.41, 5.74) is 0. The third-order valence-electron chi connectivity index (χ3n) is 3.54. The van der Waals surface area contributed by atoms with Crippen LogP contribution in [0.3, 0.4) is 0 Å². The van der Waals surface area contributed by atoms with Crippen molar-refractivity contribution in [1.82, 2.24) is 15.1 Å². The zero-order chi connectivity index (χ0) is 15.1. The highest BCUT2D eigenvalue weighted by Gasteiger charge is 2.26. The molecule has 2 N–H and O–H groups in total. The Morgan fingerprint density at radius 2 is 1.85 bits per heavy atom. The minimum absolute atomic E-state index is 0.262. The molecule has 0 saturated carbocycles. The maximum Gasteiger partial charge on any atom is 0.326 e. The Labute approximate surface area is 124 Å². The Bertz CT molecular complexity index is 331. The van der Waals surface area contributed by atoms with Crippen LogP contribution in [0.2, 0.25) is 0 Å². The molecule has 0 spiro atoms. The number of hydrogen-bond acceptors (Lipinski definition) is 4. The van der Waals surface area contributed by atoms with Crippen molar-refractivity contribution in [2.45, 2.75) is 32.4 Å². The van der Waals surface area contributed by atoms with Crippen LogP contribution < -0.4 is 5.32 Å². The summed E-state index contributed by atoms with van der Waals surface area (Å²) in [6.45, 7) is 7.26. The zero-order valence-electron chi connectivity index (χ0n) is 12.5. The summed E-state index contributed by atoms with van der Waals surface area (Å²) in [5.74, 6) is -0.244. The number of rotatable bonds is 6. The molecule has 0 aromatic rings. The van der Waals surface area contributed by atoms with Gasteiger partial charge in [0.25, 0.3) is 0 Å². The fourth-order valence-corrected chi connectivity index (χ4v) is 2.65. The number of carboxylic acid groups (broad SMARTS) is 1. The normalized spacial score (nSPS) is 18.1. The lowest BCUT2D eigenvalue weighted by Gasteiger charge is -2.37. The van der Waals surface area contributed by atoms with E-state index < -0.39 is 12.0 Å². The molecule has 116 valence electrons. The van der Waals surface area contributed by atoms with E-state index >= 15 is 0 Å². The van der Waals surface area contributed by atoms with Crippen LogP contribution in [0.5, 0.6) is 0 Å². The van der Waals surface area contributed by atoms with Crippen LogP contribution >= 0.6 is 11.8 Å². The monoisotopic (exact) mass is 303 g/mol. The molecular weight excluding hydrogens is 278 g/mol. The lowest BCUT2D eigenvalue weighted by atomic mass is 10.2. The number of carbonyl (C=O) groups excluding carboxylic acids is 1. The maximum absolute atomic E-state index is 12.1. The highest BCUT2D eigenvalue weighted by Crippen LogP contribution is 2.07. The Balaban J connectivity index is 2.43. The van der Waals surface area contributed by atoms with Crippen molar-refractivity contribution in [2.24, 2.45) is 0 Å². The van der Waals surface area contributed by atoms with E-state index in [1.807, 2.05) is 6.26 Å². The molecule has 0 aromatic heterocycles. The molecule has 7 heteroatoms. The highest BCUT2D eigenvalue weighted by atomic mass is 32.2. The molecule has 2 amide bonds. The first-order chi connectivity index (χ1) is 9.45. The first-order valence-corrected chi connectivity index (χ1v) is 8.36. The second-order valence-electron chi connectivity index (χ2n) is 5.24. The highest BCUT2D eigenvalue weighted by molar-refractivity contribution is 7.98. The molecule has 0 unspecified atom stereocenters. The fraction of sp³-hybridized carbons (Fsp3) is 0.846. The van der Waals surface area contributed by atoms with Crippen LogP contribution in [-0.4, -0.2) is 77.2 Å². The van der Waals surface area contributed by atoms with E-state index in [2.05, 4.69) is 24.1 Å². The van der Waals surface area contributed by atoms with Gasteiger partial charge in [0.2, 0.25) is 0 Å². The molecule has 1 fully saturated rings. The first kappa shape index (κ1) is 17.1. The molecule has 0 bridgehead atoms. The Morgan fingerprint density at radius 3 is 2.30 bits per heavy atom. The number of amides is 2. The Hall–Kier alpha value is -0.950. The standard InChI is InChI=1S/C13H25N3O3S/c1-10(2)15-5-7-16(8-6-15)13(19)14-11(12(17)18)4-9-20-3/h10-11H,4-9H2,1-3H3,(H,14,19)(H,17,18)/t11-/m0/s1. The van der Waals surface area contributed by atoms with Crippen molar-refractivity contribution in [3.8, 4) is 0 Å². The van der Waals surface area contributed by atoms with Crippen LogP contribution in [0.1, 0.15) is 20.3 Å². The van der Waals surface area contributed by atoms with Crippen LogP contribution in [0, 0.1) is 0 Å². The number of urea groups is 1. The SMILES string of the molecule is CSCC[C@H](NC(=O)N1CCN(C(C)C)CC1)C(=O)O. The summed E-state index contributed by atoms with van der Waals surface area (Å²) in [6.07, 6.45) is 2.38. The number of nitrogens with zero attached hydrogens (tertiary/aromatic N) is 2. The maximum atomic E-state index is 12.1. The number of nitrogens with one attached hydrogen (secondary N) is 1. The lowest BCUT2D eigenvalue weighted by Crippen LogP contribution is -2.55. The predicted octanol–water partition coefficient (Wildman–Crippen LogP) is 0.928. The van der Waals surface area contributed by atoms with Crippen molar-refractivity contribution in [3.05, 3.63) is 0 Å². The van der Waals surface area contributed by atoms with Crippen LogP contribution in [0.15, 0.2) is 0 Å². The van der Waals surface area contributed by atoms with Gasteiger partial charge >= 0.3 is 12.0 Å². The summed E-state index contributed by atoms with van der Waals surface area (Å²) in [4.78, 5) is 27.2. The van der Waals surface area contributed by atoms with Gasteiger partial charge in [0.05, 0.1) is 0 Å². The van der Waals surface area contributed by atoms with Gasteiger partial charge < -0.3 is 15.3 Å². The van der Waals surface area contributed by atoms with E-state index in [0.717, 1.165) is 18.8 Å². The minimum Gasteiger partial charge on any atom is -0.480 e. The van der Waals surface area contributed by atoms with E-state index in [1.165, 1.54) is 0 Å². The van der Waals surface area contributed by atoms with Gasteiger partial charge in [-0.05, 0) is 32.3 Å². The molecule has 1 heterocycles. The van der Waals surface area contributed by atoms with Crippen molar-refractivity contribution in [1.29, 1.82) is 0 Å². The molecular formula is C13H25N3O3S. The number of carboxylic acids is 1. The van der Waals surface area contributed by atoms with Crippen LogP contribution in [-0.2, 0) is 4.79 Å². The average Bonchev–Trinajstić information content (AvgIpc) is 2.42. The smallest absolute Gasteiger partial charge is 0.326 e. The number of hydrogen-bond donors (Lipinski definition) is 2. The minimum atomic E-state index is -0.965.